The molecule has 0 fully saturated rings. The minimum atomic E-state index is -0.857. The van der Waals surface area contributed by atoms with Crippen LogP contribution >= 0.6 is 0 Å². The summed E-state index contributed by atoms with van der Waals surface area (Å²) in [6.45, 7) is 4.33. The first-order valence-corrected chi connectivity index (χ1v) is 7.39. The van der Waals surface area contributed by atoms with E-state index in [1.54, 1.807) is 0 Å². The zero-order chi connectivity index (χ0) is 15.9. The Bertz CT molecular complexity index is 598. The van der Waals surface area contributed by atoms with Crippen molar-refractivity contribution in [2.24, 2.45) is 0 Å². The average molecular weight is 303 g/mol. The van der Waals surface area contributed by atoms with Crippen LogP contribution in [0.15, 0.2) is 34.9 Å². The molecule has 1 N–H and O–H groups in total. The van der Waals surface area contributed by atoms with E-state index in [2.05, 4.69) is 10.1 Å². The summed E-state index contributed by atoms with van der Waals surface area (Å²) in [5.74, 6) is 0.206. The molecule has 118 valence electrons. The summed E-state index contributed by atoms with van der Waals surface area (Å²) in [5.41, 5.74) is 1.11. The summed E-state index contributed by atoms with van der Waals surface area (Å²) in [6, 6.07) is 10.0. The molecule has 0 saturated carbocycles. The monoisotopic (exact) mass is 303 g/mol. The molecule has 1 heterocycles. The molecule has 22 heavy (non-hydrogen) atoms. The molecule has 0 aliphatic heterocycles. The molecule has 0 amide bonds. The third-order valence-electron chi connectivity index (χ3n) is 3.61. The van der Waals surface area contributed by atoms with Gasteiger partial charge in [0.15, 0.2) is 5.82 Å². The van der Waals surface area contributed by atoms with Crippen LogP contribution in [0.4, 0.5) is 0 Å². The maximum absolute atomic E-state index is 11.0. The molecule has 0 saturated heterocycles. The van der Waals surface area contributed by atoms with Crippen LogP contribution in [0.5, 0.6) is 0 Å². The van der Waals surface area contributed by atoms with E-state index in [0.29, 0.717) is 24.7 Å². The molecular weight excluding hydrogens is 282 g/mol. The van der Waals surface area contributed by atoms with Gasteiger partial charge in [-0.25, -0.2) is 0 Å². The highest BCUT2D eigenvalue weighted by molar-refractivity contribution is 5.69. The third kappa shape index (κ3) is 4.66. The minimum absolute atomic E-state index is 0.0363. The zero-order valence-corrected chi connectivity index (χ0v) is 12.9. The summed E-state index contributed by atoms with van der Waals surface area (Å²) in [7, 11) is 0. The van der Waals surface area contributed by atoms with Crippen molar-refractivity contribution in [2.75, 3.05) is 6.54 Å². The maximum atomic E-state index is 11.0. The lowest BCUT2D eigenvalue weighted by atomic mass is 10.1. The van der Waals surface area contributed by atoms with Gasteiger partial charge in [0.2, 0.25) is 5.89 Å². The number of carboxylic acids is 1. The molecule has 6 nitrogen and oxygen atoms in total. The molecule has 2 aromatic rings. The van der Waals surface area contributed by atoms with Crippen LogP contribution < -0.4 is 0 Å². The summed E-state index contributed by atoms with van der Waals surface area (Å²) in [6.07, 6.45) is 1.46. The lowest BCUT2D eigenvalue weighted by Gasteiger charge is -2.24. The molecule has 0 aliphatic carbocycles. The Hall–Kier alpha value is -2.21. The molecule has 2 rings (SSSR count). The van der Waals surface area contributed by atoms with Crippen LogP contribution in [0.25, 0.3) is 0 Å². The van der Waals surface area contributed by atoms with Gasteiger partial charge < -0.3 is 9.63 Å². The zero-order valence-electron chi connectivity index (χ0n) is 12.9. The molecule has 0 radical (unpaired) electrons. The molecule has 0 aliphatic rings. The summed E-state index contributed by atoms with van der Waals surface area (Å²) in [5, 5.41) is 13.0. The summed E-state index contributed by atoms with van der Waals surface area (Å²) >= 11 is 0. The van der Waals surface area contributed by atoms with E-state index >= 15 is 0 Å². The number of carboxylic acid groups (broad SMARTS) is 1. The van der Waals surface area contributed by atoms with Crippen LogP contribution in [0.2, 0.25) is 0 Å². The Kier molecular flexibility index (Phi) is 5.66. The van der Waals surface area contributed by atoms with Gasteiger partial charge in [-0.1, -0.05) is 42.4 Å². The fourth-order valence-corrected chi connectivity index (χ4v) is 2.18. The number of aliphatic carboxylic acids is 1. The second-order valence-electron chi connectivity index (χ2n) is 5.32. The number of rotatable bonds is 8. The highest BCUT2D eigenvalue weighted by Gasteiger charge is 2.19. The van der Waals surface area contributed by atoms with E-state index in [1.807, 2.05) is 49.1 Å². The molecule has 0 bridgehead atoms. The molecular formula is C16H21N3O3. The van der Waals surface area contributed by atoms with Gasteiger partial charge in [-0.2, -0.15) is 4.98 Å². The minimum Gasteiger partial charge on any atom is -0.480 e. The van der Waals surface area contributed by atoms with Gasteiger partial charge in [0.05, 0.1) is 13.1 Å². The van der Waals surface area contributed by atoms with Crippen LogP contribution in [-0.4, -0.2) is 38.7 Å². The molecule has 0 spiro atoms. The van der Waals surface area contributed by atoms with Gasteiger partial charge in [-0.05, 0) is 18.9 Å². The molecule has 1 aromatic heterocycles. The summed E-state index contributed by atoms with van der Waals surface area (Å²) in [4.78, 5) is 17.1. The second kappa shape index (κ2) is 7.70. The normalized spacial score (nSPS) is 12.5. The predicted octanol–water partition coefficient (Wildman–Crippen LogP) is 2.35. The van der Waals surface area contributed by atoms with Crippen molar-refractivity contribution in [3.63, 3.8) is 0 Å². The van der Waals surface area contributed by atoms with Gasteiger partial charge in [0, 0.05) is 12.5 Å². The van der Waals surface area contributed by atoms with E-state index in [0.717, 1.165) is 12.0 Å². The van der Waals surface area contributed by atoms with Gasteiger partial charge in [0.1, 0.15) is 0 Å². The topological polar surface area (TPSA) is 79.5 Å². The lowest BCUT2D eigenvalue weighted by molar-refractivity contribution is -0.139. The van der Waals surface area contributed by atoms with Crippen molar-refractivity contribution < 1.29 is 14.4 Å². The van der Waals surface area contributed by atoms with Crippen LogP contribution in [0.3, 0.4) is 0 Å². The van der Waals surface area contributed by atoms with Crippen molar-refractivity contribution in [3.8, 4) is 0 Å². The highest BCUT2D eigenvalue weighted by atomic mass is 16.5. The fourth-order valence-electron chi connectivity index (χ4n) is 2.18. The maximum Gasteiger partial charge on any atom is 0.317 e. The SMILES string of the molecule is CC[C@@H](C)N(CC(=O)O)Cc1nc(Cc2ccccc2)no1. The van der Waals surface area contributed by atoms with E-state index in [4.69, 9.17) is 9.63 Å². The second-order valence-corrected chi connectivity index (χ2v) is 5.32. The first-order chi connectivity index (χ1) is 10.6. The molecule has 6 heteroatoms. The van der Waals surface area contributed by atoms with Crippen LogP contribution in [0.1, 0.15) is 37.5 Å². The third-order valence-corrected chi connectivity index (χ3v) is 3.61. The van der Waals surface area contributed by atoms with Crippen LogP contribution in [-0.2, 0) is 17.8 Å². The Morgan fingerprint density at radius 3 is 2.73 bits per heavy atom. The van der Waals surface area contributed by atoms with Crippen molar-refractivity contribution in [1.82, 2.24) is 15.0 Å². The standard InChI is InChI=1S/C16H21N3O3/c1-3-12(2)19(11-16(20)21)10-15-17-14(18-22-15)9-13-7-5-4-6-8-13/h4-8,12H,3,9-11H2,1-2H3,(H,20,21)/t12-/m1/s1. The van der Waals surface area contributed by atoms with E-state index in [9.17, 15) is 4.79 Å². The van der Waals surface area contributed by atoms with E-state index in [1.165, 1.54) is 0 Å². The number of nitrogens with zero attached hydrogens (tertiary/aromatic N) is 3. The van der Waals surface area contributed by atoms with Gasteiger partial charge >= 0.3 is 5.97 Å². The lowest BCUT2D eigenvalue weighted by Crippen LogP contribution is -2.36. The van der Waals surface area contributed by atoms with Gasteiger partial charge in [0.25, 0.3) is 0 Å². The van der Waals surface area contributed by atoms with Crippen molar-refractivity contribution in [2.45, 2.75) is 39.3 Å². The first-order valence-electron chi connectivity index (χ1n) is 7.39. The predicted molar refractivity (Wildman–Crippen MR) is 81.3 cm³/mol. The Morgan fingerprint density at radius 2 is 2.09 bits per heavy atom. The molecule has 0 unspecified atom stereocenters. The van der Waals surface area contributed by atoms with Crippen molar-refractivity contribution in [1.29, 1.82) is 0 Å². The average Bonchev–Trinajstić information content (AvgIpc) is 2.93. The number of benzene rings is 1. The molecule has 1 atom stereocenters. The number of aromatic nitrogens is 2. The summed E-state index contributed by atoms with van der Waals surface area (Å²) < 4.78 is 5.25. The van der Waals surface area contributed by atoms with Crippen molar-refractivity contribution >= 4 is 5.97 Å². The number of hydrogen-bond donors (Lipinski definition) is 1. The van der Waals surface area contributed by atoms with E-state index in [-0.39, 0.29) is 12.6 Å². The number of carbonyl (C=O) groups is 1. The Labute approximate surface area is 129 Å². The van der Waals surface area contributed by atoms with E-state index < -0.39 is 5.97 Å². The quantitative estimate of drug-likeness (QED) is 0.806. The Balaban J connectivity index is 2.01. The van der Waals surface area contributed by atoms with Gasteiger partial charge in [-0.15, -0.1) is 0 Å². The Morgan fingerprint density at radius 1 is 1.36 bits per heavy atom. The molecule has 1 aromatic carbocycles. The van der Waals surface area contributed by atoms with Crippen LogP contribution in [0, 0.1) is 0 Å². The number of hydrogen-bond acceptors (Lipinski definition) is 5. The largest absolute Gasteiger partial charge is 0.480 e. The first kappa shape index (κ1) is 16.2. The van der Waals surface area contributed by atoms with Crippen molar-refractivity contribution in [3.05, 3.63) is 47.6 Å². The highest BCUT2D eigenvalue weighted by Crippen LogP contribution is 2.11. The smallest absolute Gasteiger partial charge is 0.317 e. The fraction of sp³-hybridized carbons (Fsp3) is 0.438. The van der Waals surface area contributed by atoms with Gasteiger partial charge in [-0.3, -0.25) is 9.69 Å².